The zero-order chi connectivity index (χ0) is 15.3. The third kappa shape index (κ3) is 1.79. The maximum atomic E-state index is 9.27. The number of nitrogens with zero attached hydrogens (tertiary/aromatic N) is 5. The third-order valence-electron chi connectivity index (χ3n) is 4.01. The van der Waals surface area contributed by atoms with Gasteiger partial charge in [-0.2, -0.15) is 0 Å². The van der Waals surface area contributed by atoms with E-state index in [1.807, 2.05) is 29.0 Å². The van der Waals surface area contributed by atoms with Crippen molar-refractivity contribution in [2.24, 2.45) is 0 Å². The van der Waals surface area contributed by atoms with E-state index in [0.717, 1.165) is 38.6 Å². The van der Waals surface area contributed by atoms with Crippen LogP contribution in [0.1, 0.15) is 11.3 Å². The Morgan fingerprint density at radius 3 is 2.86 bits per heavy atom. The van der Waals surface area contributed by atoms with Crippen LogP contribution in [0, 0.1) is 13.8 Å². The summed E-state index contributed by atoms with van der Waals surface area (Å²) in [6, 6.07) is 4.01. The molecule has 0 amide bonds. The van der Waals surface area contributed by atoms with Gasteiger partial charge < -0.3 is 9.67 Å². The maximum Gasteiger partial charge on any atom is 0.192 e. The number of hydrogen-bond donors (Lipinski definition) is 1. The molecule has 0 unspecified atom stereocenters. The van der Waals surface area contributed by atoms with Crippen LogP contribution in [0.25, 0.3) is 27.4 Å². The minimum absolute atomic E-state index is 0.0874. The summed E-state index contributed by atoms with van der Waals surface area (Å²) in [4.78, 5) is 10.3. The van der Waals surface area contributed by atoms with Gasteiger partial charge in [0.1, 0.15) is 12.0 Å². The van der Waals surface area contributed by atoms with Crippen molar-refractivity contribution < 1.29 is 5.11 Å². The first-order chi connectivity index (χ1) is 10.7. The van der Waals surface area contributed by atoms with Crippen molar-refractivity contribution >= 4 is 28.0 Å². The number of rotatable bonds is 3. The van der Waals surface area contributed by atoms with E-state index in [1.54, 1.807) is 22.2 Å². The highest BCUT2D eigenvalue weighted by Gasteiger charge is 2.18. The van der Waals surface area contributed by atoms with E-state index in [-0.39, 0.29) is 6.61 Å². The number of aromatic nitrogens is 5. The molecule has 0 atom stereocenters. The standard InChI is InChI=1S/C15H15N5OS/c1-9-10(2)19(5-6-21)14-12(9)15-17-13(11-4-3-7-22-11)18-20(15)8-16-14/h3-4,7-8,21H,5-6H2,1-2H3. The topological polar surface area (TPSA) is 68.2 Å². The minimum Gasteiger partial charge on any atom is -0.395 e. The second-order valence-electron chi connectivity index (χ2n) is 5.21. The van der Waals surface area contributed by atoms with Crippen LogP contribution in [-0.4, -0.2) is 35.9 Å². The van der Waals surface area contributed by atoms with Gasteiger partial charge in [0.25, 0.3) is 0 Å². The molecule has 0 saturated heterocycles. The van der Waals surface area contributed by atoms with Gasteiger partial charge in [0, 0.05) is 12.2 Å². The molecule has 0 aliphatic rings. The number of aliphatic hydroxyl groups is 1. The summed E-state index contributed by atoms with van der Waals surface area (Å²) >= 11 is 1.62. The van der Waals surface area contributed by atoms with E-state index in [4.69, 9.17) is 4.98 Å². The molecular formula is C15H15N5OS. The molecule has 0 aliphatic heterocycles. The smallest absolute Gasteiger partial charge is 0.192 e. The lowest BCUT2D eigenvalue weighted by molar-refractivity contribution is 0.276. The molecule has 4 aromatic rings. The Morgan fingerprint density at radius 2 is 2.14 bits per heavy atom. The van der Waals surface area contributed by atoms with Gasteiger partial charge in [0.15, 0.2) is 11.5 Å². The van der Waals surface area contributed by atoms with Crippen molar-refractivity contribution in [3.63, 3.8) is 0 Å². The second-order valence-corrected chi connectivity index (χ2v) is 6.16. The Balaban J connectivity index is 2.04. The van der Waals surface area contributed by atoms with Gasteiger partial charge in [-0.25, -0.2) is 14.5 Å². The second kappa shape index (κ2) is 4.89. The van der Waals surface area contributed by atoms with E-state index >= 15 is 0 Å². The molecule has 0 saturated carbocycles. The van der Waals surface area contributed by atoms with Crippen molar-refractivity contribution in [3.05, 3.63) is 35.1 Å². The van der Waals surface area contributed by atoms with Gasteiger partial charge in [0.2, 0.25) is 0 Å². The molecule has 4 heterocycles. The first-order valence-corrected chi connectivity index (χ1v) is 7.94. The Kier molecular flexibility index (Phi) is 2.98. The molecule has 0 bridgehead atoms. The summed E-state index contributed by atoms with van der Waals surface area (Å²) in [5.41, 5.74) is 3.89. The average molecular weight is 313 g/mol. The highest BCUT2D eigenvalue weighted by Crippen LogP contribution is 2.29. The molecule has 112 valence electrons. The van der Waals surface area contributed by atoms with Crippen LogP contribution >= 0.6 is 11.3 Å². The summed E-state index contributed by atoms with van der Waals surface area (Å²) in [6.45, 7) is 4.72. The maximum absolute atomic E-state index is 9.27. The van der Waals surface area contributed by atoms with Crippen molar-refractivity contribution in [2.45, 2.75) is 20.4 Å². The number of fused-ring (bicyclic) bond motifs is 3. The lowest BCUT2D eigenvalue weighted by Crippen LogP contribution is -2.05. The fourth-order valence-corrected chi connectivity index (χ4v) is 3.47. The quantitative estimate of drug-likeness (QED) is 0.631. The Morgan fingerprint density at radius 1 is 1.27 bits per heavy atom. The molecule has 4 rings (SSSR count). The van der Waals surface area contributed by atoms with Crippen LogP contribution in [-0.2, 0) is 6.54 Å². The third-order valence-corrected chi connectivity index (χ3v) is 4.88. The van der Waals surface area contributed by atoms with Crippen LogP contribution in [0.4, 0.5) is 0 Å². The first-order valence-electron chi connectivity index (χ1n) is 7.06. The van der Waals surface area contributed by atoms with Crippen LogP contribution < -0.4 is 0 Å². The summed E-state index contributed by atoms with van der Waals surface area (Å²) in [5, 5.41) is 16.8. The van der Waals surface area contributed by atoms with Crippen LogP contribution in [0.5, 0.6) is 0 Å². The summed E-state index contributed by atoms with van der Waals surface area (Å²) in [7, 11) is 0. The van der Waals surface area contributed by atoms with Crippen molar-refractivity contribution in [2.75, 3.05) is 6.61 Å². The van der Waals surface area contributed by atoms with Gasteiger partial charge >= 0.3 is 0 Å². The zero-order valence-corrected chi connectivity index (χ0v) is 13.1. The van der Waals surface area contributed by atoms with E-state index < -0.39 is 0 Å². The minimum atomic E-state index is 0.0874. The fourth-order valence-electron chi connectivity index (χ4n) is 2.81. The largest absolute Gasteiger partial charge is 0.395 e. The van der Waals surface area contributed by atoms with Gasteiger partial charge in [-0.1, -0.05) is 6.07 Å². The average Bonchev–Trinajstić information content (AvgIpc) is 3.21. The Labute approximate surface area is 130 Å². The first kappa shape index (κ1) is 13.4. The molecule has 0 aromatic carbocycles. The molecule has 0 aliphatic carbocycles. The summed E-state index contributed by atoms with van der Waals surface area (Å²) in [5.74, 6) is 0.719. The lowest BCUT2D eigenvalue weighted by atomic mass is 10.2. The van der Waals surface area contributed by atoms with Gasteiger partial charge in [-0.05, 0) is 30.9 Å². The number of aryl methyl sites for hydroxylation is 1. The van der Waals surface area contributed by atoms with Gasteiger partial charge in [-0.15, -0.1) is 16.4 Å². The highest BCUT2D eigenvalue weighted by atomic mass is 32.1. The molecule has 4 aromatic heterocycles. The van der Waals surface area contributed by atoms with Gasteiger partial charge in [-0.3, -0.25) is 0 Å². The number of hydrogen-bond acceptors (Lipinski definition) is 5. The highest BCUT2D eigenvalue weighted by molar-refractivity contribution is 7.13. The van der Waals surface area contributed by atoms with Crippen molar-refractivity contribution in [1.29, 1.82) is 0 Å². The van der Waals surface area contributed by atoms with Gasteiger partial charge in [0.05, 0.1) is 16.9 Å². The molecule has 6 nitrogen and oxygen atoms in total. The SMILES string of the molecule is Cc1c(C)n(CCO)c2ncn3nc(-c4cccs4)nc3c12. The Bertz CT molecular complexity index is 967. The number of thiophene rings is 1. The van der Waals surface area contributed by atoms with Crippen molar-refractivity contribution in [1.82, 2.24) is 24.1 Å². The van der Waals surface area contributed by atoms with E-state index in [1.165, 1.54) is 0 Å². The molecule has 7 heteroatoms. The lowest BCUT2D eigenvalue weighted by Gasteiger charge is -2.04. The molecule has 0 radical (unpaired) electrons. The molecule has 1 N–H and O–H groups in total. The normalized spacial score (nSPS) is 11.8. The van der Waals surface area contributed by atoms with Crippen LogP contribution in [0.2, 0.25) is 0 Å². The fraction of sp³-hybridized carbons (Fsp3) is 0.267. The van der Waals surface area contributed by atoms with Crippen molar-refractivity contribution in [3.8, 4) is 10.7 Å². The van der Waals surface area contributed by atoms with E-state index in [9.17, 15) is 5.11 Å². The summed E-state index contributed by atoms with van der Waals surface area (Å²) < 4.78 is 3.76. The van der Waals surface area contributed by atoms with E-state index in [2.05, 4.69) is 17.0 Å². The Hall–Kier alpha value is -2.25. The van der Waals surface area contributed by atoms with Crippen LogP contribution in [0.3, 0.4) is 0 Å². The monoisotopic (exact) mass is 313 g/mol. The predicted molar refractivity (Wildman–Crippen MR) is 86.2 cm³/mol. The van der Waals surface area contributed by atoms with E-state index in [0.29, 0.717) is 6.54 Å². The molecule has 0 fully saturated rings. The number of aliphatic hydroxyl groups excluding tert-OH is 1. The zero-order valence-electron chi connectivity index (χ0n) is 12.3. The molecular weight excluding hydrogens is 298 g/mol. The molecule has 22 heavy (non-hydrogen) atoms. The predicted octanol–water partition coefficient (Wildman–Crippen LogP) is 2.42. The van der Waals surface area contributed by atoms with Crippen LogP contribution in [0.15, 0.2) is 23.8 Å². The summed E-state index contributed by atoms with van der Waals surface area (Å²) in [6.07, 6.45) is 1.69. The molecule has 0 spiro atoms.